The molecule has 1 unspecified atom stereocenters. The van der Waals surface area contributed by atoms with Crippen LogP contribution in [0.2, 0.25) is 0 Å². The summed E-state index contributed by atoms with van der Waals surface area (Å²) < 4.78 is 14.8. The number of rotatable bonds is 4. The molecule has 1 aromatic heterocycles. The minimum absolute atomic E-state index is 0.0500. The molecule has 0 spiro atoms. The molecular formula is C18H23FN4O. The van der Waals surface area contributed by atoms with Gasteiger partial charge in [-0.3, -0.25) is 9.48 Å². The van der Waals surface area contributed by atoms with Crippen LogP contribution in [0.5, 0.6) is 0 Å². The first-order chi connectivity index (χ1) is 11.5. The quantitative estimate of drug-likeness (QED) is 0.932. The number of carbonyl (C=O) groups is 1. The van der Waals surface area contributed by atoms with E-state index >= 15 is 0 Å². The van der Waals surface area contributed by atoms with Crippen LogP contribution in [0.15, 0.2) is 24.3 Å². The Morgan fingerprint density at radius 1 is 1.38 bits per heavy atom. The first-order valence-corrected chi connectivity index (χ1v) is 8.20. The number of fused-ring (bicyclic) bond motifs is 1. The summed E-state index contributed by atoms with van der Waals surface area (Å²) in [6, 6.07) is 6.83. The van der Waals surface area contributed by atoms with Crippen LogP contribution in [0.1, 0.15) is 33.7 Å². The Labute approximate surface area is 141 Å². The van der Waals surface area contributed by atoms with Crippen molar-refractivity contribution < 1.29 is 9.18 Å². The number of carbonyl (C=O) groups excluding carboxylic acids is 1. The average Bonchev–Trinajstić information content (AvgIpc) is 2.90. The number of halogens is 1. The molecular weight excluding hydrogens is 307 g/mol. The molecule has 3 rings (SSSR count). The second-order valence-electron chi connectivity index (χ2n) is 6.54. The molecule has 0 saturated heterocycles. The number of nitrogens with one attached hydrogen (secondary N) is 1. The van der Waals surface area contributed by atoms with Gasteiger partial charge in [0.25, 0.3) is 5.91 Å². The van der Waals surface area contributed by atoms with Gasteiger partial charge in [-0.1, -0.05) is 12.1 Å². The smallest absolute Gasteiger partial charge is 0.274 e. The monoisotopic (exact) mass is 330 g/mol. The van der Waals surface area contributed by atoms with E-state index < -0.39 is 0 Å². The predicted octanol–water partition coefficient (Wildman–Crippen LogP) is 1.91. The highest BCUT2D eigenvalue weighted by atomic mass is 19.1. The van der Waals surface area contributed by atoms with Crippen LogP contribution in [0.3, 0.4) is 0 Å². The SMILES string of the molecule is CN(C)C(=O)c1nn(C)c2c1CC(NCc1ccc(F)cc1)CC2. The maximum atomic E-state index is 13.0. The van der Waals surface area contributed by atoms with Gasteiger partial charge in [-0.05, 0) is 37.0 Å². The summed E-state index contributed by atoms with van der Waals surface area (Å²) in [6.07, 6.45) is 2.70. The van der Waals surface area contributed by atoms with Gasteiger partial charge in [-0.25, -0.2) is 4.39 Å². The summed E-state index contributed by atoms with van der Waals surface area (Å²) in [7, 11) is 5.39. The molecule has 0 bridgehead atoms. The normalized spacial score (nSPS) is 16.8. The van der Waals surface area contributed by atoms with Crippen molar-refractivity contribution in [2.75, 3.05) is 14.1 Å². The second kappa shape index (κ2) is 6.73. The van der Waals surface area contributed by atoms with Crippen molar-refractivity contribution in [3.05, 3.63) is 52.6 Å². The zero-order valence-electron chi connectivity index (χ0n) is 14.3. The number of amides is 1. The zero-order valence-corrected chi connectivity index (χ0v) is 14.3. The standard InChI is InChI=1S/C18H23FN4O/c1-22(2)18(24)17-15-10-14(8-9-16(15)23(3)21-17)20-11-12-4-6-13(19)7-5-12/h4-7,14,20H,8-11H2,1-3H3. The maximum absolute atomic E-state index is 13.0. The van der Waals surface area contributed by atoms with Crippen molar-refractivity contribution in [3.8, 4) is 0 Å². The summed E-state index contributed by atoms with van der Waals surface area (Å²) in [5, 5.41) is 7.95. The molecule has 1 aromatic carbocycles. The Hall–Kier alpha value is -2.21. The second-order valence-corrected chi connectivity index (χ2v) is 6.54. The minimum atomic E-state index is -0.219. The number of aryl methyl sites for hydroxylation is 1. The van der Waals surface area contributed by atoms with E-state index in [9.17, 15) is 9.18 Å². The molecule has 1 atom stereocenters. The van der Waals surface area contributed by atoms with Crippen molar-refractivity contribution in [3.63, 3.8) is 0 Å². The highest BCUT2D eigenvalue weighted by Gasteiger charge is 2.28. The Bertz CT molecular complexity index is 736. The van der Waals surface area contributed by atoms with Gasteiger partial charge in [0.1, 0.15) is 5.82 Å². The predicted molar refractivity (Wildman–Crippen MR) is 90.3 cm³/mol. The molecule has 1 N–H and O–H groups in total. The minimum Gasteiger partial charge on any atom is -0.343 e. The first-order valence-electron chi connectivity index (χ1n) is 8.20. The summed E-state index contributed by atoms with van der Waals surface area (Å²) in [4.78, 5) is 13.9. The van der Waals surface area contributed by atoms with Crippen molar-refractivity contribution in [1.29, 1.82) is 0 Å². The van der Waals surface area contributed by atoms with E-state index in [-0.39, 0.29) is 11.7 Å². The first kappa shape index (κ1) is 16.6. The fraction of sp³-hybridized carbons (Fsp3) is 0.444. The van der Waals surface area contributed by atoms with Crippen LogP contribution >= 0.6 is 0 Å². The van der Waals surface area contributed by atoms with E-state index in [0.29, 0.717) is 18.3 Å². The van der Waals surface area contributed by atoms with Crippen LogP contribution in [-0.2, 0) is 26.4 Å². The van der Waals surface area contributed by atoms with Gasteiger partial charge in [0.05, 0.1) is 0 Å². The van der Waals surface area contributed by atoms with Crippen LogP contribution in [0, 0.1) is 5.82 Å². The van der Waals surface area contributed by atoms with Gasteiger partial charge < -0.3 is 10.2 Å². The van der Waals surface area contributed by atoms with Gasteiger partial charge >= 0.3 is 0 Å². The van der Waals surface area contributed by atoms with Gasteiger partial charge in [0.2, 0.25) is 0 Å². The van der Waals surface area contributed by atoms with Crippen molar-refractivity contribution in [1.82, 2.24) is 20.0 Å². The van der Waals surface area contributed by atoms with Gasteiger partial charge in [-0.15, -0.1) is 0 Å². The summed E-state index contributed by atoms with van der Waals surface area (Å²) in [6.45, 7) is 0.692. The molecule has 24 heavy (non-hydrogen) atoms. The van der Waals surface area contributed by atoms with Crippen molar-refractivity contribution in [2.45, 2.75) is 31.8 Å². The lowest BCUT2D eigenvalue weighted by Gasteiger charge is -2.24. The van der Waals surface area contributed by atoms with Gasteiger partial charge in [0, 0.05) is 45.0 Å². The molecule has 1 heterocycles. The number of benzene rings is 1. The number of hydrogen-bond donors (Lipinski definition) is 1. The third-order valence-electron chi connectivity index (χ3n) is 4.57. The average molecular weight is 330 g/mol. The molecule has 2 aromatic rings. The fourth-order valence-corrected chi connectivity index (χ4v) is 3.21. The maximum Gasteiger partial charge on any atom is 0.274 e. The lowest BCUT2D eigenvalue weighted by molar-refractivity contribution is 0.0820. The Kier molecular flexibility index (Phi) is 4.66. The Balaban J connectivity index is 1.71. The molecule has 0 aliphatic heterocycles. The third kappa shape index (κ3) is 3.33. The zero-order chi connectivity index (χ0) is 17.3. The van der Waals surface area contributed by atoms with E-state index in [1.165, 1.54) is 12.1 Å². The third-order valence-corrected chi connectivity index (χ3v) is 4.57. The Morgan fingerprint density at radius 3 is 2.75 bits per heavy atom. The Morgan fingerprint density at radius 2 is 2.08 bits per heavy atom. The molecule has 0 saturated carbocycles. The molecule has 6 heteroatoms. The van der Waals surface area contributed by atoms with Gasteiger partial charge in [0.15, 0.2) is 5.69 Å². The molecule has 128 valence electrons. The lowest BCUT2D eigenvalue weighted by Crippen LogP contribution is -2.35. The number of hydrogen-bond acceptors (Lipinski definition) is 3. The summed E-state index contributed by atoms with van der Waals surface area (Å²) >= 11 is 0. The topological polar surface area (TPSA) is 50.2 Å². The summed E-state index contributed by atoms with van der Waals surface area (Å²) in [5.41, 5.74) is 3.82. The van der Waals surface area contributed by atoms with Crippen LogP contribution in [0.4, 0.5) is 4.39 Å². The number of nitrogens with zero attached hydrogens (tertiary/aromatic N) is 3. The fourth-order valence-electron chi connectivity index (χ4n) is 3.21. The van der Waals surface area contributed by atoms with Crippen LogP contribution in [-0.4, -0.2) is 40.7 Å². The lowest BCUT2D eigenvalue weighted by atomic mass is 9.91. The molecule has 1 amide bonds. The highest BCUT2D eigenvalue weighted by Crippen LogP contribution is 2.25. The van der Waals surface area contributed by atoms with E-state index in [4.69, 9.17) is 0 Å². The van der Waals surface area contributed by atoms with Crippen LogP contribution in [0.25, 0.3) is 0 Å². The van der Waals surface area contributed by atoms with Crippen LogP contribution < -0.4 is 5.32 Å². The van der Waals surface area contributed by atoms with E-state index in [0.717, 1.165) is 36.1 Å². The van der Waals surface area contributed by atoms with Gasteiger partial charge in [-0.2, -0.15) is 5.10 Å². The van der Waals surface area contributed by atoms with Crippen molar-refractivity contribution in [2.24, 2.45) is 7.05 Å². The molecule has 5 nitrogen and oxygen atoms in total. The highest BCUT2D eigenvalue weighted by molar-refractivity contribution is 5.93. The van der Waals surface area contributed by atoms with E-state index in [1.807, 2.05) is 11.7 Å². The van der Waals surface area contributed by atoms with Crippen molar-refractivity contribution >= 4 is 5.91 Å². The number of aromatic nitrogens is 2. The molecule has 0 fully saturated rings. The largest absolute Gasteiger partial charge is 0.343 e. The summed E-state index contributed by atoms with van der Waals surface area (Å²) in [5.74, 6) is -0.269. The molecule has 1 aliphatic carbocycles. The molecule has 0 radical (unpaired) electrons. The van der Waals surface area contributed by atoms with E-state index in [2.05, 4.69) is 10.4 Å². The van der Waals surface area contributed by atoms with E-state index in [1.54, 1.807) is 31.1 Å². The molecule has 1 aliphatic rings.